The second-order valence-corrected chi connectivity index (χ2v) is 8.51. The molecule has 3 rings (SSSR count). The minimum atomic E-state index is -2.91. The maximum absolute atomic E-state index is 12.5. The van der Waals surface area contributed by atoms with Crippen LogP contribution < -0.4 is 4.72 Å². The minimum Gasteiger partial charge on any atom is -0.360 e. The minimum absolute atomic E-state index is 0.00292. The van der Waals surface area contributed by atoms with Crippen molar-refractivity contribution < 1.29 is 17.7 Å². The summed E-state index contributed by atoms with van der Waals surface area (Å²) in [5.74, 6) is 1.15. The monoisotopic (exact) mass is 414 g/mol. The first-order valence-electron chi connectivity index (χ1n) is 7.37. The molecule has 8 heteroatoms. The van der Waals surface area contributed by atoms with Crippen LogP contribution in [-0.4, -0.2) is 32.7 Å². The number of carbonyl (C=O) groups is 1. The number of hydrogen-bond acceptors (Lipinski definition) is 5. The normalized spacial score (nSPS) is 14.0. The third kappa shape index (κ3) is 4.99. The van der Waals surface area contributed by atoms with Gasteiger partial charge in [0.05, 0.1) is 18.0 Å². The molecule has 1 aromatic carbocycles. The number of hydrogen-bond donors (Lipinski definition) is 1. The second-order valence-electron chi connectivity index (χ2n) is 5.64. The van der Waals surface area contributed by atoms with Crippen LogP contribution in [0.1, 0.15) is 46.0 Å². The molecular formula is C16H19BrN2O4S. The molecule has 1 aliphatic carbocycles. The molecule has 24 heavy (non-hydrogen) atoms. The summed E-state index contributed by atoms with van der Waals surface area (Å²) in [5, 5.41) is 3.77. The highest BCUT2D eigenvalue weighted by molar-refractivity contribution is 9.10. The topological polar surface area (TPSA) is 89.3 Å². The Morgan fingerprint density at radius 3 is 2.46 bits per heavy atom. The van der Waals surface area contributed by atoms with Crippen LogP contribution in [0.5, 0.6) is 0 Å². The van der Waals surface area contributed by atoms with E-state index in [1.54, 1.807) is 0 Å². The van der Waals surface area contributed by atoms with E-state index in [-0.39, 0.29) is 5.78 Å². The van der Waals surface area contributed by atoms with Gasteiger partial charge < -0.3 is 4.52 Å². The van der Waals surface area contributed by atoms with E-state index in [1.807, 2.05) is 25.1 Å². The Bertz CT molecular complexity index is 842. The summed E-state index contributed by atoms with van der Waals surface area (Å²) in [4.78, 5) is 12.5. The molecule has 1 aromatic heterocycles. The number of rotatable bonds is 4. The van der Waals surface area contributed by atoms with Gasteiger partial charge in [-0.15, -0.1) is 0 Å². The van der Waals surface area contributed by atoms with Crippen LogP contribution in [0.4, 0.5) is 0 Å². The van der Waals surface area contributed by atoms with Crippen LogP contribution in [-0.2, 0) is 10.0 Å². The standard InChI is InChI=1S/C14H12BrNO2.C2H7NO2S/c1-8-6-10(15)4-5-11(8)13(17)12-7-16-18-14(12)9-2-3-9;1-3-6(2,4)5/h4-7,9H,2-3H2,1H3;3H,1-2H3. The van der Waals surface area contributed by atoms with Crippen LogP contribution in [0, 0.1) is 6.92 Å². The molecule has 1 heterocycles. The van der Waals surface area contributed by atoms with Crippen molar-refractivity contribution in [2.45, 2.75) is 25.7 Å². The summed E-state index contributed by atoms with van der Waals surface area (Å²) >= 11 is 3.40. The molecular weight excluding hydrogens is 396 g/mol. The van der Waals surface area contributed by atoms with E-state index in [0.29, 0.717) is 17.0 Å². The van der Waals surface area contributed by atoms with Gasteiger partial charge >= 0.3 is 0 Å². The van der Waals surface area contributed by atoms with Crippen molar-refractivity contribution in [3.63, 3.8) is 0 Å². The highest BCUT2D eigenvalue weighted by Crippen LogP contribution is 2.42. The summed E-state index contributed by atoms with van der Waals surface area (Å²) in [6, 6.07) is 5.66. The Morgan fingerprint density at radius 2 is 1.96 bits per heavy atom. The summed E-state index contributed by atoms with van der Waals surface area (Å²) in [6.07, 6.45) is 4.83. The lowest BCUT2D eigenvalue weighted by atomic mass is 9.99. The molecule has 0 unspecified atom stereocenters. The Morgan fingerprint density at radius 1 is 1.33 bits per heavy atom. The molecule has 130 valence electrons. The molecule has 0 spiro atoms. The highest BCUT2D eigenvalue weighted by atomic mass is 79.9. The summed E-state index contributed by atoms with van der Waals surface area (Å²) in [7, 11) is -1.54. The van der Waals surface area contributed by atoms with E-state index < -0.39 is 10.0 Å². The van der Waals surface area contributed by atoms with Gasteiger partial charge in [0.25, 0.3) is 0 Å². The lowest BCUT2D eigenvalue weighted by molar-refractivity contribution is 0.103. The van der Waals surface area contributed by atoms with E-state index in [0.717, 1.165) is 34.9 Å². The van der Waals surface area contributed by atoms with Gasteiger partial charge in [0.15, 0.2) is 11.5 Å². The Kier molecular flexibility index (Phi) is 5.95. The van der Waals surface area contributed by atoms with Crippen molar-refractivity contribution in [3.05, 3.63) is 51.3 Å². The number of ketones is 1. The lowest BCUT2D eigenvalue weighted by Crippen LogP contribution is -2.15. The summed E-state index contributed by atoms with van der Waals surface area (Å²) in [5.41, 5.74) is 2.28. The van der Waals surface area contributed by atoms with Gasteiger partial charge in [0.2, 0.25) is 10.0 Å². The number of aromatic nitrogens is 1. The van der Waals surface area contributed by atoms with Gasteiger partial charge in [-0.25, -0.2) is 13.1 Å². The number of nitrogens with one attached hydrogen (secondary N) is 1. The fourth-order valence-electron chi connectivity index (χ4n) is 2.09. The van der Waals surface area contributed by atoms with Crippen molar-refractivity contribution in [2.75, 3.05) is 13.3 Å². The van der Waals surface area contributed by atoms with Gasteiger partial charge in [0.1, 0.15) is 0 Å². The van der Waals surface area contributed by atoms with Crippen LogP contribution in [0.25, 0.3) is 0 Å². The zero-order chi connectivity index (χ0) is 17.9. The van der Waals surface area contributed by atoms with E-state index >= 15 is 0 Å². The SMILES string of the molecule is CNS(C)(=O)=O.Cc1cc(Br)ccc1C(=O)c1cnoc1C1CC1. The maximum atomic E-state index is 12.5. The summed E-state index contributed by atoms with van der Waals surface area (Å²) < 4.78 is 28.0. The van der Waals surface area contributed by atoms with Gasteiger partial charge in [-0.1, -0.05) is 21.1 Å². The average Bonchev–Trinajstić information content (AvgIpc) is 3.23. The Labute approximate surface area is 149 Å². The molecule has 0 aliphatic heterocycles. The van der Waals surface area contributed by atoms with Gasteiger partial charge in [-0.05, 0) is 50.6 Å². The average molecular weight is 415 g/mol. The molecule has 1 saturated carbocycles. The Balaban J connectivity index is 0.000000301. The first-order chi connectivity index (χ1) is 11.2. The predicted molar refractivity (Wildman–Crippen MR) is 94.7 cm³/mol. The highest BCUT2D eigenvalue weighted by Gasteiger charge is 2.32. The molecule has 0 amide bonds. The van der Waals surface area contributed by atoms with Crippen molar-refractivity contribution in [3.8, 4) is 0 Å². The van der Waals surface area contributed by atoms with Crippen LogP contribution in [0.3, 0.4) is 0 Å². The largest absolute Gasteiger partial charge is 0.360 e. The molecule has 1 N–H and O–H groups in total. The smallest absolute Gasteiger partial charge is 0.208 e. The van der Waals surface area contributed by atoms with Crippen molar-refractivity contribution in [1.29, 1.82) is 0 Å². The quantitative estimate of drug-likeness (QED) is 0.776. The van der Waals surface area contributed by atoms with E-state index in [9.17, 15) is 13.2 Å². The van der Waals surface area contributed by atoms with Gasteiger partial charge in [-0.3, -0.25) is 4.79 Å². The Hall–Kier alpha value is -1.51. The van der Waals surface area contributed by atoms with E-state index in [2.05, 4.69) is 25.8 Å². The summed E-state index contributed by atoms with van der Waals surface area (Å²) in [6.45, 7) is 1.93. The maximum Gasteiger partial charge on any atom is 0.208 e. The van der Waals surface area contributed by atoms with Crippen molar-refractivity contribution in [2.24, 2.45) is 0 Å². The number of benzene rings is 1. The third-order valence-corrected chi connectivity index (χ3v) is 4.83. The zero-order valence-electron chi connectivity index (χ0n) is 13.7. The number of carbonyl (C=O) groups excluding carboxylic acids is 1. The number of halogens is 1. The van der Waals surface area contributed by atoms with Crippen molar-refractivity contribution in [1.82, 2.24) is 9.88 Å². The van der Waals surface area contributed by atoms with Gasteiger partial charge in [0, 0.05) is 16.0 Å². The molecule has 0 atom stereocenters. The fourth-order valence-corrected chi connectivity index (χ4v) is 2.56. The van der Waals surface area contributed by atoms with Crippen LogP contribution >= 0.6 is 15.9 Å². The first-order valence-corrected chi connectivity index (χ1v) is 10.0. The van der Waals surface area contributed by atoms with Gasteiger partial charge in [-0.2, -0.15) is 0 Å². The number of aryl methyl sites for hydroxylation is 1. The molecule has 2 aromatic rings. The van der Waals surface area contributed by atoms with E-state index in [1.165, 1.54) is 13.2 Å². The lowest BCUT2D eigenvalue weighted by Gasteiger charge is -2.04. The van der Waals surface area contributed by atoms with Crippen molar-refractivity contribution >= 4 is 31.7 Å². The molecule has 0 saturated heterocycles. The zero-order valence-corrected chi connectivity index (χ0v) is 16.1. The second kappa shape index (κ2) is 7.58. The molecule has 0 bridgehead atoms. The molecule has 6 nitrogen and oxygen atoms in total. The molecule has 1 fully saturated rings. The third-order valence-electron chi connectivity index (χ3n) is 3.59. The molecule has 1 aliphatic rings. The van der Waals surface area contributed by atoms with Crippen LogP contribution in [0.2, 0.25) is 0 Å². The van der Waals surface area contributed by atoms with E-state index in [4.69, 9.17) is 4.52 Å². The van der Waals surface area contributed by atoms with Crippen LogP contribution in [0.15, 0.2) is 33.4 Å². The predicted octanol–water partition coefficient (Wildman–Crippen LogP) is 3.02. The number of sulfonamides is 1. The fraction of sp³-hybridized carbons (Fsp3) is 0.375. The molecule has 0 radical (unpaired) electrons. The number of nitrogens with zero attached hydrogens (tertiary/aromatic N) is 1. The first kappa shape index (κ1) is 18.8.